The van der Waals surface area contributed by atoms with Crippen LogP contribution in [0.3, 0.4) is 0 Å². The highest BCUT2D eigenvalue weighted by Gasteiger charge is 2.27. The minimum atomic E-state index is -3.65. The van der Waals surface area contributed by atoms with Gasteiger partial charge in [0.2, 0.25) is 21.8 Å². The lowest BCUT2D eigenvalue weighted by Gasteiger charge is -2.29. The van der Waals surface area contributed by atoms with Gasteiger partial charge in [0.15, 0.2) is 0 Å². The molecule has 2 aromatic rings. The third-order valence-corrected chi connectivity index (χ3v) is 6.50. The fraction of sp³-hybridized carbons (Fsp3) is 0.417. The summed E-state index contributed by atoms with van der Waals surface area (Å²) in [5.41, 5.74) is 0.664. The van der Waals surface area contributed by atoms with Crippen molar-refractivity contribution in [3.8, 4) is 5.75 Å². The number of sulfonamides is 1. The number of halogens is 1. The van der Waals surface area contributed by atoms with Crippen LogP contribution in [0.15, 0.2) is 48.5 Å². The van der Waals surface area contributed by atoms with Gasteiger partial charge >= 0.3 is 0 Å². The number of ether oxygens (including phenoxy) is 1. The number of likely N-dealkylation sites (N-methyl/N-ethyl adjacent to an activating group) is 1. The summed E-state index contributed by atoms with van der Waals surface area (Å²) in [6.45, 7) is 3.71. The van der Waals surface area contributed by atoms with Crippen LogP contribution in [0.2, 0.25) is 0 Å². The van der Waals surface area contributed by atoms with E-state index in [4.69, 9.17) is 4.74 Å². The quantitative estimate of drug-likeness (QED) is 0.491. The maximum Gasteiger partial charge on any atom is 0.242 e. The lowest BCUT2D eigenvalue weighted by molar-refractivity contribution is -0.140. The average Bonchev–Trinajstić information content (AvgIpc) is 2.80. The molecule has 2 rings (SSSR count). The van der Waals surface area contributed by atoms with Crippen molar-refractivity contribution in [3.63, 3.8) is 0 Å². The molecule has 0 bridgehead atoms. The lowest BCUT2D eigenvalue weighted by Crippen LogP contribution is -2.47. The number of rotatable bonds is 12. The molecule has 34 heavy (non-hydrogen) atoms. The number of carbonyl (C=O) groups excluding carboxylic acids is 2. The Morgan fingerprint density at radius 2 is 1.76 bits per heavy atom. The number of nitrogens with one attached hydrogen (secondary N) is 1. The van der Waals surface area contributed by atoms with Crippen LogP contribution in [0.4, 0.5) is 10.1 Å². The van der Waals surface area contributed by atoms with Crippen LogP contribution >= 0.6 is 0 Å². The van der Waals surface area contributed by atoms with E-state index >= 15 is 0 Å². The van der Waals surface area contributed by atoms with Crippen LogP contribution in [0, 0.1) is 5.82 Å². The zero-order chi connectivity index (χ0) is 25.3. The van der Waals surface area contributed by atoms with E-state index in [1.807, 2.05) is 0 Å². The molecule has 0 fully saturated rings. The van der Waals surface area contributed by atoms with Gasteiger partial charge in [-0.05, 0) is 38.5 Å². The largest absolute Gasteiger partial charge is 0.495 e. The van der Waals surface area contributed by atoms with E-state index in [9.17, 15) is 22.4 Å². The fourth-order valence-electron chi connectivity index (χ4n) is 3.53. The summed E-state index contributed by atoms with van der Waals surface area (Å²) in [6.07, 6.45) is 1.25. The number of amides is 2. The third-order valence-electron chi connectivity index (χ3n) is 5.32. The molecule has 186 valence electrons. The number of methoxy groups -OCH3 is 1. The standard InChI is InChI=1S/C24H32FN3O5S/c1-5-26-24(30)18(2)27(17-19-11-6-7-12-20(19)25)23(29)15-10-16-28(34(4,31)32)21-13-8-9-14-22(21)33-3/h6-9,11-14,18H,5,10,15-17H2,1-4H3,(H,26,30)/t18-/m0/s1. The molecule has 0 radical (unpaired) electrons. The Morgan fingerprint density at radius 3 is 2.38 bits per heavy atom. The number of hydrogen-bond donors (Lipinski definition) is 1. The summed E-state index contributed by atoms with van der Waals surface area (Å²) in [5, 5.41) is 2.68. The molecule has 0 aromatic heterocycles. The monoisotopic (exact) mass is 493 g/mol. The minimum absolute atomic E-state index is 0.0284. The summed E-state index contributed by atoms with van der Waals surface area (Å²) in [5.74, 6) is -0.803. The Hall–Kier alpha value is -3.14. The van der Waals surface area contributed by atoms with Crippen molar-refractivity contribution < 1.29 is 27.1 Å². The van der Waals surface area contributed by atoms with Crippen molar-refractivity contribution in [2.24, 2.45) is 0 Å². The van der Waals surface area contributed by atoms with Gasteiger partial charge in [0.05, 0.1) is 19.1 Å². The number of para-hydroxylation sites is 2. The molecule has 1 atom stereocenters. The Balaban J connectivity index is 2.20. The summed E-state index contributed by atoms with van der Waals surface area (Å²) >= 11 is 0. The first-order valence-electron chi connectivity index (χ1n) is 11.0. The number of hydrogen-bond acceptors (Lipinski definition) is 5. The van der Waals surface area contributed by atoms with E-state index in [0.717, 1.165) is 6.26 Å². The van der Waals surface area contributed by atoms with Crippen molar-refractivity contribution >= 4 is 27.5 Å². The maximum absolute atomic E-state index is 14.3. The van der Waals surface area contributed by atoms with Crippen LogP contribution in [0.5, 0.6) is 5.75 Å². The van der Waals surface area contributed by atoms with Crippen molar-refractivity contribution in [1.82, 2.24) is 10.2 Å². The molecular weight excluding hydrogens is 461 g/mol. The van der Waals surface area contributed by atoms with Crippen LogP contribution in [0.1, 0.15) is 32.3 Å². The van der Waals surface area contributed by atoms with E-state index in [2.05, 4.69) is 5.32 Å². The number of benzene rings is 2. The van der Waals surface area contributed by atoms with Gasteiger partial charge in [-0.15, -0.1) is 0 Å². The topological polar surface area (TPSA) is 96.0 Å². The van der Waals surface area contributed by atoms with Gasteiger partial charge in [-0.3, -0.25) is 13.9 Å². The van der Waals surface area contributed by atoms with Gasteiger partial charge < -0.3 is 15.0 Å². The van der Waals surface area contributed by atoms with Crippen LogP contribution in [-0.4, -0.2) is 57.6 Å². The summed E-state index contributed by atoms with van der Waals surface area (Å²) in [4.78, 5) is 26.9. The molecule has 0 aliphatic heterocycles. The Morgan fingerprint density at radius 1 is 1.12 bits per heavy atom. The summed E-state index contributed by atoms with van der Waals surface area (Å²) < 4.78 is 45.6. The van der Waals surface area contributed by atoms with E-state index in [0.29, 0.717) is 23.5 Å². The van der Waals surface area contributed by atoms with Gasteiger partial charge in [0.1, 0.15) is 17.6 Å². The maximum atomic E-state index is 14.3. The van der Waals surface area contributed by atoms with Gasteiger partial charge in [0, 0.05) is 31.6 Å². The normalized spacial score (nSPS) is 12.0. The number of carbonyl (C=O) groups is 2. The van der Waals surface area contributed by atoms with Crippen molar-refractivity contribution in [2.45, 2.75) is 39.3 Å². The first-order valence-corrected chi connectivity index (χ1v) is 12.9. The van der Waals surface area contributed by atoms with E-state index in [1.165, 1.54) is 22.4 Å². The first-order chi connectivity index (χ1) is 16.1. The average molecular weight is 494 g/mol. The smallest absolute Gasteiger partial charge is 0.242 e. The molecule has 8 nitrogen and oxygen atoms in total. The predicted molar refractivity (Wildman–Crippen MR) is 130 cm³/mol. The molecule has 10 heteroatoms. The molecule has 2 aromatic carbocycles. The molecule has 0 aliphatic rings. The third kappa shape index (κ3) is 7.18. The first kappa shape index (κ1) is 27.1. The molecule has 1 N–H and O–H groups in total. The number of anilines is 1. The molecule has 0 heterocycles. The highest BCUT2D eigenvalue weighted by Crippen LogP contribution is 2.29. The molecule has 0 unspecified atom stereocenters. The molecule has 0 spiro atoms. The molecule has 2 amide bonds. The van der Waals surface area contributed by atoms with Gasteiger partial charge in [0.25, 0.3) is 0 Å². The summed E-state index contributed by atoms with van der Waals surface area (Å²) in [7, 11) is -2.19. The second kappa shape index (κ2) is 12.4. The van der Waals surface area contributed by atoms with E-state index in [-0.39, 0.29) is 37.7 Å². The molecule has 0 aliphatic carbocycles. The van der Waals surface area contributed by atoms with E-state index < -0.39 is 21.9 Å². The molecule has 0 saturated heterocycles. The van der Waals surface area contributed by atoms with Gasteiger partial charge in [-0.2, -0.15) is 0 Å². The predicted octanol–water partition coefficient (Wildman–Crippen LogP) is 2.93. The zero-order valence-electron chi connectivity index (χ0n) is 20.0. The zero-order valence-corrected chi connectivity index (χ0v) is 20.8. The highest BCUT2D eigenvalue weighted by molar-refractivity contribution is 7.92. The fourth-order valence-corrected chi connectivity index (χ4v) is 4.50. The summed E-state index contributed by atoms with van der Waals surface area (Å²) in [6, 6.07) is 12.0. The van der Waals surface area contributed by atoms with Gasteiger partial charge in [-0.1, -0.05) is 30.3 Å². The highest BCUT2D eigenvalue weighted by atomic mass is 32.2. The van der Waals surface area contributed by atoms with Crippen LogP contribution < -0.4 is 14.4 Å². The van der Waals surface area contributed by atoms with Crippen LogP contribution in [0.25, 0.3) is 0 Å². The Bertz CT molecular complexity index is 1090. The second-order valence-corrected chi connectivity index (χ2v) is 9.70. The Kier molecular flexibility index (Phi) is 9.85. The Labute approximate surface area is 200 Å². The van der Waals surface area contributed by atoms with Crippen molar-refractivity contribution in [3.05, 3.63) is 59.9 Å². The van der Waals surface area contributed by atoms with Gasteiger partial charge in [-0.25, -0.2) is 12.8 Å². The second-order valence-electron chi connectivity index (χ2n) is 7.79. The SMILES string of the molecule is CCNC(=O)[C@H](C)N(Cc1ccccc1F)C(=O)CCCN(c1ccccc1OC)S(C)(=O)=O. The van der Waals surface area contributed by atoms with Crippen molar-refractivity contribution in [2.75, 3.05) is 30.8 Å². The van der Waals surface area contributed by atoms with Crippen LogP contribution in [-0.2, 0) is 26.2 Å². The lowest BCUT2D eigenvalue weighted by atomic mass is 10.1. The van der Waals surface area contributed by atoms with E-state index in [1.54, 1.807) is 56.3 Å². The minimum Gasteiger partial charge on any atom is -0.495 e. The number of nitrogens with zero attached hydrogens (tertiary/aromatic N) is 2. The van der Waals surface area contributed by atoms with Crippen molar-refractivity contribution in [1.29, 1.82) is 0 Å². The molecule has 0 saturated carbocycles. The molecular formula is C24H32FN3O5S.